The number of carbonyl (C=O) groups is 1. The molecule has 0 saturated carbocycles. The summed E-state index contributed by atoms with van der Waals surface area (Å²) in [6.07, 6.45) is 1.27. The minimum atomic E-state index is -0.00721. The molecule has 7 nitrogen and oxygen atoms in total. The van der Waals surface area contributed by atoms with E-state index in [1.807, 2.05) is 81.8 Å². The molecule has 0 atom stereocenters. The van der Waals surface area contributed by atoms with Crippen LogP contribution < -0.4 is 0 Å². The fourth-order valence-electron chi connectivity index (χ4n) is 4.23. The predicted octanol–water partition coefficient (Wildman–Crippen LogP) is 4.87. The van der Waals surface area contributed by atoms with Crippen LogP contribution >= 0.6 is 0 Å². The Morgan fingerprint density at radius 3 is 2.41 bits per heavy atom. The Morgan fingerprint density at radius 1 is 1.00 bits per heavy atom. The van der Waals surface area contributed by atoms with E-state index in [4.69, 9.17) is 4.99 Å². The molecule has 0 saturated heterocycles. The molecule has 37 heavy (non-hydrogen) atoms. The highest BCUT2D eigenvalue weighted by molar-refractivity contribution is 6.21. The number of likely N-dealkylation sites (N-methyl/N-ethyl adjacent to an activating group) is 1. The lowest BCUT2D eigenvalue weighted by Crippen LogP contribution is -2.30. The van der Waals surface area contributed by atoms with E-state index < -0.39 is 0 Å². The Hall–Kier alpha value is -4.41. The minimum absolute atomic E-state index is 0.00721. The molecule has 188 valence electrons. The standard InChI is InChI=1S/C30H31N5O2/c1-34(2)16-7-17-35(3)27(36)19-21-10-13-24(14-11-21)32-29(23-8-5-4-6-9-23)28-25-15-12-22(20-31)18-26(25)33-30(28)37/h4-6,8-15,18,33,37H,7,16-17,19H2,1-3H3. The first-order valence-corrected chi connectivity index (χ1v) is 12.2. The van der Waals surface area contributed by atoms with Gasteiger partial charge in [-0.05, 0) is 56.9 Å². The Labute approximate surface area is 217 Å². The van der Waals surface area contributed by atoms with Crippen molar-refractivity contribution in [1.82, 2.24) is 14.8 Å². The van der Waals surface area contributed by atoms with Gasteiger partial charge in [0.1, 0.15) is 0 Å². The summed E-state index contributed by atoms with van der Waals surface area (Å²) in [4.78, 5) is 24.4. The summed E-state index contributed by atoms with van der Waals surface area (Å²) in [7, 11) is 5.90. The van der Waals surface area contributed by atoms with Gasteiger partial charge in [-0.2, -0.15) is 5.26 Å². The summed E-state index contributed by atoms with van der Waals surface area (Å²) in [6, 6.07) is 24.7. The number of fused-ring (bicyclic) bond motifs is 1. The lowest BCUT2D eigenvalue weighted by molar-refractivity contribution is -0.129. The zero-order valence-corrected chi connectivity index (χ0v) is 21.4. The van der Waals surface area contributed by atoms with Gasteiger partial charge in [0.2, 0.25) is 5.91 Å². The molecule has 3 aromatic carbocycles. The number of rotatable bonds is 9. The van der Waals surface area contributed by atoms with E-state index in [2.05, 4.69) is 16.0 Å². The number of nitrogens with zero attached hydrogens (tertiary/aromatic N) is 4. The highest BCUT2D eigenvalue weighted by Gasteiger charge is 2.19. The second kappa shape index (κ2) is 11.5. The van der Waals surface area contributed by atoms with E-state index in [1.54, 1.807) is 17.0 Å². The molecule has 0 fully saturated rings. The number of aliphatic imine (C=N–C) groups is 1. The molecule has 2 N–H and O–H groups in total. The number of aromatic hydroxyl groups is 1. The van der Waals surface area contributed by atoms with Crippen LogP contribution in [0, 0.1) is 11.3 Å². The van der Waals surface area contributed by atoms with E-state index in [9.17, 15) is 15.2 Å². The molecule has 0 unspecified atom stereocenters. The third-order valence-corrected chi connectivity index (χ3v) is 6.25. The average molecular weight is 494 g/mol. The van der Waals surface area contributed by atoms with Crippen molar-refractivity contribution < 1.29 is 9.90 Å². The Kier molecular flexibility index (Phi) is 8.02. The summed E-state index contributed by atoms with van der Waals surface area (Å²) in [5, 5.41) is 20.9. The van der Waals surface area contributed by atoms with E-state index in [0.29, 0.717) is 34.5 Å². The Balaban J connectivity index is 1.61. The van der Waals surface area contributed by atoms with Gasteiger partial charge in [0, 0.05) is 24.5 Å². The van der Waals surface area contributed by atoms with Crippen molar-refractivity contribution in [2.45, 2.75) is 12.8 Å². The zero-order valence-electron chi connectivity index (χ0n) is 21.4. The first kappa shape index (κ1) is 25.7. The van der Waals surface area contributed by atoms with Gasteiger partial charge in [-0.1, -0.05) is 48.5 Å². The number of nitriles is 1. The molecule has 0 aliphatic carbocycles. The molecular formula is C30H31N5O2. The summed E-state index contributed by atoms with van der Waals surface area (Å²) < 4.78 is 0. The van der Waals surface area contributed by atoms with Crippen molar-refractivity contribution in [2.24, 2.45) is 4.99 Å². The fraction of sp³-hybridized carbons (Fsp3) is 0.233. The fourth-order valence-corrected chi connectivity index (χ4v) is 4.23. The molecule has 4 rings (SSSR count). The lowest BCUT2D eigenvalue weighted by Gasteiger charge is -2.18. The molecule has 1 heterocycles. The van der Waals surface area contributed by atoms with Crippen LogP contribution in [0.5, 0.6) is 5.88 Å². The van der Waals surface area contributed by atoms with Gasteiger partial charge >= 0.3 is 0 Å². The molecule has 0 spiro atoms. The van der Waals surface area contributed by atoms with Gasteiger partial charge in [-0.15, -0.1) is 0 Å². The predicted molar refractivity (Wildman–Crippen MR) is 147 cm³/mol. The molecule has 1 aromatic heterocycles. The molecule has 1 amide bonds. The van der Waals surface area contributed by atoms with E-state index in [-0.39, 0.29) is 11.8 Å². The summed E-state index contributed by atoms with van der Waals surface area (Å²) in [5.41, 5.74) is 4.83. The topological polar surface area (TPSA) is 95.7 Å². The van der Waals surface area contributed by atoms with Gasteiger partial charge < -0.3 is 19.9 Å². The number of hydrogen-bond acceptors (Lipinski definition) is 5. The highest BCUT2D eigenvalue weighted by atomic mass is 16.3. The average Bonchev–Trinajstić information content (AvgIpc) is 3.22. The van der Waals surface area contributed by atoms with Crippen molar-refractivity contribution in [2.75, 3.05) is 34.2 Å². The van der Waals surface area contributed by atoms with Crippen LogP contribution in [0.2, 0.25) is 0 Å². The number of nitrogens with one attached hydrogen (secondary N) is 1. The van der Waals surface area contributed by atoms with E-state index in [1.165, 1.54) is 0 Å². The van der Waals surface area contributed by atoms with Crippen LogP contribution in [0.4, 0.5) is 5.69 Å². The molecule has 0 aliphatic rings. The molecule has 0 bridgehead atoms. The van der Waals surface area contributed by atoms with Gasteiger partial charge in [0.25, 0.3) is 0 Å². The normalized spacial score (nSPS) is 11.6. The van der Waals surface area contributed by atoms with Gasteiger partial charge in [-0.3, -0.25) is 4.79 Å². The zero-order chi connectivity index (χ0) is 26.4. The summed E-state index contributed by atoms with van der Waals surface area (Å²) >= 11 is 0. The summed E-state index contributed by atoms with van der Waals surface area (Å²) in [6.45, 7) is 1.67. The smallest absolute Gasteiger partial charge is 0.226 e. The Morgan fingerprint density at radius 2 is 1.73 bits per heavy atom. The van der Waals surface area contributed by atoms with Crippen LogP contribution in [0.1, 0.15) is 28.7 Å². The van der Waals surface area contributed by atoms with Crippen molar-refractivity contribution in [3.8, 4) is 11.9 Å². The largest absolute Gasteiger partial charge is 0.494 e. The number of aromatic amines is 1. The number of hydrogen-bond donors (Lipinski definition) is 2. The van der Waals surface area contributed by atoms with Crippen LogP contribution in [-0.2, 0) is 11.2 Å². The molecule has 0 radical (unpaired) electrons. The molecule has 4 aromatic rings. The first-order valence-electron chi connectivity index (χ1n) is 12.2. The number of benzene rings is 3. The number of amides is 1. The second-order valence-electron chi connectivity index (χ2n) is 9.36. The number of carbonyl (C=O) groups excluding carboxylic acids is 1. The number of H-pyrrole nitrogens is 1. The maximum Gasteiger partial charge on any atom is 0.226 e. The van der Waals surface area contributed by atoms with E-state index in [0.717, 1.165) is 36.0 Å². The Bertz CT molecular complexity index is 1450. The molecule has 0 aliphatic heterocycles. The maximum absolute atomic E-state index is 12.6. The van der Waals surface area contributed by atoms with Crippen molar-refractivity contribution in [3.63, 3.8) is 0 Å². The van der Waals surface area contributed by atoms with Crippen LogP contribution in [-0.4, -0.2) is 65.7 Å². The summed E-state index contributed by atoms with van der Waals surface area (Å²) in [5.74, 6) is 0.0765. The molecular weight excluding hydrogens is 462 g/mol. The highest BCUT2D eigenvalue weighted by Crippen LogP contribution is 2.32. The third-order valence-electron chi connectivity index (χ3n) is 6.25. The van der Waals surface area contributed by atoms with Gasteiger partial charge in [0.05, 0.1) is 40.5 Å². The minimum Gasteiger partial charge on any atom is -0.494 e. The third kappa shape index (κ3) is 6.24. The van der Waals surface area contributed by atoms with Gasteiger partial charge in [0.15, 0.2) is 5.88 Å². The quantitative estimate of drug-likeness (QED) is 0.325. The van der Waals surface area contributed by atoms with Crippen molar-refractivity contribution in [3.05, 3.63) is 95.1 Å². The maximum atomic E-state index is 12.6. The van der Waals surface area contributed by atoms with Gasteiger partial charge in [-0.25, -0.2) is 4.99 Å². The van der Waals surface area contributed by atoms with Crippen LogP contribution in [0.25, 0.3) is 10.9 Å². The number of aromatic nitrogens is 1. The second-order valence-corrected chi connectivity index (χ2v) is 9.36. The van der Waals surface area contributed by atoms with Crippen molar-refractivity contribution >= 4 is 28.2 Å². The van der Waals surface area contributed by atoms with Crippen LogP contribution in [0.3, 0.4) is 0 Å². The van der Waals surface area contributed by atoms with E-state index >= 15 is 0 Å². The first-order chi connectivity index (χ1) is 17.9. The molecule has 7 heteroatoms. The lowest BCUT2D eigenvalue weighted by atomic mass is 10.00. The van der Waals surface area contributed by atoms with Crippen molar-refractivity contribution in [1.29, 1.82) is 5.26 Å². The monoisotopic (exact) mass is 493 g/mol. The van der Waals surface area contributed by atoms with Crippen LogP contribution in [0.15, 0.2) is 77.8 Å². The SMILES string of the molecule is CN(C)CCCN(C)C(=O)Cc1ccc(N=C(c2ccccc2)c2c(O)[nH]c3cc(C#N)ccc23)cc1.